The molecule has 0 aliphatic rings. The number of hydrogen-bond donors (Lipinski definition) is 2. The Kier molecular flexibility index (Phi) is 10.4. The van der Waals surface area contributed by atoms with Gasteiger partial charge in [0.2, 0.25) is 5.88 Å². The van der Waals surface area contributed by atoms with Crippen LogP contribution in [0.15, 0.2) is 28.7 Å². The zero-order valence-corrected chi connectivity index (χ0v) is 18.1. The van der Waals surface area contributed by atoms with Gasteiger partial charge in [0, 0.05) is 43.7 Å². The van der Waals surface area contributed by atoms with Crippen molar-refractivity contribution in [1.82, 2.24) is 20.6 Å². The number of thiazole rings is 1. The summed E-state index contributed by atoms with van der Waals surface area (Å²) in [5.41, 5.74) is 2.13. The third kappa shape index (κ3) is 7.55. The molecule has 0 radical (unpaired) electrons. The third-order valence-corrected chi connectivity index (χ3v) is 4.13. The van der Waals surface area contributed by atoms with Crippen LogP contribution < -0.4 is 15.4 Å². The van der Waals surface area contributed by atoms with Crippen LogP contribution >= 0.6 is 35.3 Å². The smallest absolute Gasteiger partial charge is 0.218 e. The van der Waals surface area contributed by atoms with Crippen LogP contribution in [0.25, 0.3) is 0 Å². The summed E-state index contributed by atoms with van der Waals surface area (Å²) in [4.78, 5) is 13.0. The highest BCUT2D eigenvalue weighted by Gasteiger charge is 2.06. The highest BCUT2D eigenvalue weighted by atomic mass is 127. The maximum atomic E-state index is 5.68. The van der Waals surface area contributed by atoms with E-state index in [1.807, 2.05) is 19.1 Å². The second-order valence-corrected chi connectivity index (χ2v) is 6.34. The van der Waals surface area contributed by atoms with Crippen LogP contribution in [0.4, 0.5) is 0 Å². The topological polar surface area (TPSA) is 71.4 Å². The molecule has 0 amide bonds. The van der Waals surface area contributed by atoms with Gasteiger partial charge in [-0.25, -0.2) is 9.97 Å². The number of halogens is 1. The van der Waals surface area contributed by atoms with E-state index in [0.717, 1.165) is 41.6 Å². The number of aromatic nitrogens is 2. The molecule has 0 aliphatic heterocycles. The zero-order chi connectivity index (χ0) is 17.2. The fourth-order valence-corrected chi connectivity index (χ4v) is 2.77. The summed E-state index contributed by atoms with van der Waals surface area (Å²) in [5, 5.41) is 9.80. The van der Waals surface area contributed by atoms with E-state index in [9.17, 15) is 0 Å². The van der Waals surface area contributed by atoms with Crippen LogP contribution in [0.1, 0.15) is 29.6 Å². The molecule has 0 fully saturated rings. The maximum absolute atomic E-state index is 5.68. The molecule has 0 aromatic carbocycles. The summed E-state index contributed by atoms with van der Waals surface area (Å²) in [6.45, 7) is 6.17. The molecule has 6 nitrogen and oxygen atoms in total. The predicted molar refractivity (Wildman–Crippen MR) is 114 cm³/mol. The van der Waals surface area contributed by atoms with Gasteiger partial charge in [0.1, 0.15) is 0 Å². The fraction of sp³-hybridized carbons (Fsp3) is 0.471. The van der Waals surface area contributed by atoms with Gasteiger partial charge < -0.3 is 15.4 Å². The first kappa shape index (κ1) is 21.6. The van der Waals surface area contributed by atoms with Crippen molar-refractivity contribution in [2.45, 2.75) is 33.2 Å². The Balaban J connectivity index is 0.00000312. The molecule has 0 unspecified atom stereocenters. The molecule has 0 saturated heterocycles. The lowest BCUT2D eigenvalue weighted by Gasteiger charge is -2.13. The van der Waals surface area contributed by atoms with Gasteiger partial charge >= 0.3 is 0 Å². The second-order valence-electron chi connectivity index (χ2n) is 5.28. The van der Waals surface area contributed by atoms with Gasteiger partial charge in [-0.15, -0.1) is 35.3 Å². The van der Waals surface area contributed by atoms with E-state index < -0.39 is 0 Å². The molecule has 2 aromatic heterocycles. The van der Waals surface area contributed by atoms with Crippen LogP contribution in [-0.4, -0.2) is 36.1 Å². The summed E-state index contributed by atoms with van der Waals surface area (Å²) in [5.74, 6) is 1.44. The first-order valence-electron chi connectivity index (χ1n) is 8.15. The normalized spacial score (nSPS) is 10.9. The van der Waals surface area contributed by atoms with Crippen molar-refractivity contribution in [2.24, 2.45) is 4.99 Å². The van der Waals surface area contributed by atoms with Gasteiger partial charge in [0.15, 0.2) is 5.96 Å². The van der Waals surface area contributed by atoms with Crippen LogP contribution in [-0.2, 0) is 13.0 Å². The largest absolute Gasteiger partial charge is 0.477 e. The Morgan fingerprint density at radius 3 is 2.88 bits per heavy atom. The van der Waals surface area contributed by atoms with Crippen molar-refractivity contribution in [1.29, 1.82) is 0 Å². The first-order valence-corrected chi connectivity index (χ1v) is 9.03. The first-order chi connectivity index (χ1) is 11.7. The molecule has 25 heavy (non-hydrogen) atoms. The van der Waals surface area contributed by atoms with Crippen LogP contribution in [0, 0.1) is 6.92 Å². The van der Waals surface area contributed by atoms with E-state index >= 15 is 0 Å². The molecule has 0 saturated carbocycles. The number of ether oxygens (including phenoxy) is 1. The second kappa shape index (κ2) is 12.0. The lowest BCUT2D eigenvalue weighted by Crippen LogP contribution is -2.38. The molecule has 0 bridgehead atoms. The monoisotopic (exact) mass is 475 g/mol. The SMILES string of the molecule is CCCOc1ncccc1CNC(=NC)NCCc1csc(C)n1.I. The van der Waals surface area contributed by atoms with Gasteiger partial charge in [0.05, 0.1) is 17.3 Å². The summed E-state index contributed by atoms with van der Waals surface area (Å²) in [6, 6.07) is 3.92. The zero-order valence-electron chi connectivity index (χ0n) is 14.9. The molecular weight excluding hydrogens is 449 g/mol. The Morgan fingerprint density at radius 2 is 2.20 bits per heavy atom. The Hall–Kier alpha value is -1.42. The molecule has 0 aliphatic carbocycles. The van der Waals surface area contributed by atoms with E-state index in [-0.39, 0.29) is 24.0 Å². The molecule has 138 valence electrons. The minimum atomic E-state index is 0. The lowest BCUT2D eigenvalue weighted by atomic mass is 10.2. The number of nitrogens with zero attached hydrogens (tertiary/aromatic N) is 3. The van der Waals surface area contributed by atoms with Crippen molar-refractivity contribution >= 4 is 41.3 Å². The molecule has 2 heterocycles. The van der Waals surface area contributed by atoms with Crippen LogP contribution in [0.5, 0.6) is 5.88 Å². The highest BCUT2D eigenvalue weighted by molar-refractivity contribution is 14.0. The Labute approximate surface area is 170 Å². The summed E-state index contributed by atoms with van der Waals surface area (Å²) >= 11 is 1.68. The number of guanidine groups is 1. The number of aliphatic imine (C=N–C) groups is 1. The number of nitrogens with one attached hydrogen (secondary N) is 2. The van der Waals surface area contributed by atoms with Gasteiger partial charge in [0.25, 0.3) is 0 Å². The molecule has 0 atom stereocenters. The van der Waals surface area contributed by atoms with Gasteiger partial charge in [-0.2, -0.15) is 0 Å². The predicted octanol–water partition coefficient (Wildman–Crippen LogP) is 3.16. The minimum absolute atomic E-state index is 0. The highest BCUT2D eigenvalue weighted by Crippen LogP contribution is 2.14. The summed E-state index contributed by atoms with van der Waals surface area (Å²) in [6.07, 6.45) is 3.59. The van der Waals surface area contributed by atoms with E-state index in [1.165, 1.54) is 0 Å². The standard InChI is InChI=1S/C17H25N5OS.HI/c1-4-10-23-16-14(6-5-8-19-16)11-21-17(18-3)20-9-7-15-12-24-13(2)22-15;/h5-6,8,12H,4,7,9-11H2,1-3H3,(H2,18,20,21);1H. The number of pyridine rings is 1. The van der Waals surface area contributed by atoms with Crippen molar-refractivity contribution in [2.75, 3.05) is 20.2 Å². The Bertz CT molecular complexity index is 662. The molecular formula is C17H26IN5OS. The third-order valence-electron chi connectivity index (χ3n) is 3.30. The average molecular weight is 475 g/mol. The van der Waals surface area contributed by atoms with Crippen molar-refractivity contribution in [3.05, 3.63) is 40.0 Å². The lowest BCUT2D eigenvalue weighted by molar-refractivity contribution is 0.301. The molecule has 8 heteroatoms. The van der Waals surface area contributed by atoms with Crippen molar-refractivity contribution < 1.29 is 4.74 Å². The average Bonchev–Trinajstić information content (AvgIpc) is 3.02. The van der Waals surface area contributed by atoms with Gasteiger partial charge in [-0.1, -0.05) is 13.0 Å². The quantitative estimate of drug-likeness (QED) is 0.349. The summed E-state index contributed by atoms with van der Waals surface area (Å²) in [7, 11) is 1.76. The van der Waals surface area contributed by atoms with Gasteiger partial charge in [-0.05, 0) is 19.4 Å². The van der Waals surface area contributed by atoms with Crippen molar-refractivity contribution in [3.8, 4) is 5.88 Å². The van der Waals surface area contributed by atoms with E-state index in [1.54, 1.807) is 24.6 Å². The molecule has 2 rings (SSSR count). The van der Waals surface area contributed by atoms with Crippen LogP contribution in [0.3, 0.4) is 0 Å². The van der Waals surface area contributed by atoms with E-state index in [4.69, 9.17) is 4.74 Å². The van der Waals surface area contributed by atoms with Crippen LogP contribution in [0.2, 0.25) is 0 Å². The van der Waals surface area contributed by atoms with E-state index in [2.05, 4.69) is 37.9 Å². The number of rotatable bonds is 8. The molecule has 0 spiro atoms. The maximum Gasteiger partial charge on any atom is 0.218 e. The number of aryl methyl sites for hydroxylation is 1. The number of hydrogen-bond acceptors (Lipinski definition) is 5. The van der Waals surface area contributed by atoms with Gasteiger partial charge in [-0.3, -0.25) is 4.99 Å². The summed E-state index contributed by atoms with van der Waals surface area (Å²) < 4.78 is 5.68. The fourth-order valence-electron chi connectivity index (χ4n) is 2.12. The van der Waals surface area contributed by atoms with Crippen molar-refractivity contribution in [3.63, 3.8) is 0 Å². The Morgan fingerprint density at radius 1 is 1.36 bits per heavy atom. The molecule has 2 aromatic rings. The molecule has 2 N–H and O–H groups in total. The minimum Gasteiger partial charge on any atom is -0.477 e. The van der Waals surface area contributed by atoms with E-state index in [0.29, 0.717) is 19.0 Å².